The fraction of sp³-hybridized carbons (Fsp3) is 0.381. The maximum atomic E-state index is 12.7. The minimum atomic E-state index is -3.76. The van der Waals surface area contributed by atoms with E-state index in [0.717, 1.165) is 11.4 Å². The van der Waals surface area contributed by atoms with Gasteiger partial charge in [0.25, 0.3) is 0 Å². The minimum absolute atomic E-state index is 0.0665. The number of nitrogens with one attached hydrogen (secondary N) is 2. The minimum Gasteiger partial charge on any atom is -0.494 e. The number of anilines is 1. The van der Waals surface area contributed by atoms with Gasteiger partial charge in [0.1, 0.15) is 22.2 Å². The summed E-state index contributed by atoms with van der Waals surface area (Å²) >= 11 is 0. The van der Waals surface area contributed by atoms with Crippen LogP contribution in [-0.2, 0) is 10.0 Å². The van der Waals surface area contributed by atoms with E-state index in [0.29, 0.717) is 37.1 Å². The first kappa shape index (κ1) is 23.5. The molecule has 0 amide bonds. The fourth-order valence-corrected chi connectivity index (χ4v) is 4.24. The second-order valence-electron chi connectivity index (χ2n) is 6.91. The first-order chi connectivity index (χ1) is 15.3. The molecular formula is C21H28N6O4S. The molecule has 3 aromatic rings. The quantitative estimate of drug-likeness (QED) is 0.419. The summed E-state index contributed by atoms with van der Waals surface area (Å²) in [7, 11) is -3.76. The van der Waals surface area contributed by atoms with Crippen molar-refractivity contribution in [2.75, 3.05) is 31.6 Å². The van der Waals surface area contributed by atoms with Crippen molar-refractivity contribution in [2.24, 2.45) is 0 Å². The molecular weight excluding hydrogens is 432 g/mol. The molecule has 0 atom stereocenters. The summed E-state index contributed by atoms with van der Waals surface area (Å²) in [5, 5.41) is 15.7. The van der Waals surface area contributed by atoms with Gasteiger partial charge in [0.05, 0.1) is 18.9 Å². The van der Waals surface area contributed by atoms with Crippen LogP contribution in [0.4, 0.5) is 5.82 Å². The molecule has 0 aliphatic carbocycles. The molecule has 0 saturated carbocycles. The Morgan fingerprint density at radius 1 is 0.969 bits per heavy atom. The zero-order valence-electron chi connectivity index (χ0n) is 18.6. The van der Waals surface area contributed by atoms with E-state index < -0.39 is 10.0 Å². The lowest BCUT2D eigenvalue weighted by Gasteiger charge is -2.14. The molecule has 0 aliphatic heterocycles. The van der Waals surface area contributed by atoms with Gasteiger partial charge < -0.3 is 14.8 Å². The van der Waals surface area contributed by atoms with Crippen molar-refractivity contribution in [1.29, 1.82) is 0 Å². The SMILES string of the molecule is CCOc1ccc(S(=O)(=O)NCCNc2ccc(-n3nc(C)cc3C)nn2)c(OCC)c1. The Morgan fingerprint density at radius 3 is 2.38 bits per heavy atom. The van der Waals surface area contributed by atoms with E-state index in [2.05, 4.69) is 25.3 Å². The van der Waals surface area contributed by atoms with Gasteiger partial charge in [0, 0.05) is 24.8 Å². The van der Waals surface area contributed by atoms with Crippen molar-refractivity contribution in [3.8, 4) is 17.3 Å². The maximum Gasteiger partial charge on any atom is 0.244 e. The second kappa shape index (κ2) is 10.4. The second-order valence-corrected chi connectivity index (χ2v) is 8.65. The Bertz CT molecular complexity index is 1150. The highest BCUT2D eigenvalue weighted by Gasteiger charge is 2.20. The number of hydrogen-bond donors (Lipinski definition) is 2. The van der Waals surface area contributed by atoms with Gasteiger partial charge in [-0.05, 0) is 58.0 Å². The molecule has 2 heterocycles. The molecule has 3 rings (SSSR count). The first-order valence-electron chi connectivity index (χ1n) is 10.3. The van der Waals surface area contributed by atoms with Crippen LogP contribution in [0.1, 0.15) is 25.2 Å². The molecule has 0 radical (unpaired) electrons. The van der Waals surface area contributed by atoms with Gasteiger partial charge in [-0.25, -0.2) is 17.8 Å². The van der Waals surface area contributed by atoms with Crippen molar-refractivity contribution in [2.45, 2.75) is 32.6 Å². The van der Waals surface area contributed by atoms with Crippen LogP contribution in [0.15, 0.2) is 41.3 Å². The van der Waals surface area contributed by atoms with E-state index in [1.807, 2.05) is 26.8 Å². The monoisotopic (exact) mass is 460 g/mol. The lowest BCUT2D eigenvalue weighted by atomic mass is 10.3. The molecule has 2 N–H and O–H groups in total. The Labute approximate surface area is 188 Å². The van der Waals surface area contributed by atoms with Crippen molar-refractivity contribution >= 4 is 15.8 Å². The van der Waals surface area contributed by atoms with Gasteiger partial charge in [-0.2, -0.15) is 5.10 Å². The topological polar surface area (TPSA) is 120 Å². The van der Waals surface area contributed by atoms with E-state index in [-0.39, 0.29) is 17.2 Å². The predicted molar refractivity (Wildman–Crippen MR) is 121 cm³/mol. The van der Waals surface area contributed by atoms with Crippen molar-refractivity contribution in [1.82, 2.24) is 24.7 Å². The van der Waals surface area contributed by atoms with Gasteiger partial charge >= 0.3 is 0 Å². The summed E-state index contributed by atoms with van der Waals surface area (Å²) in [6, 6.07) is 10.2. The summed E-state index contributed by atoms with van der Waals surface area (Å²) < 4.78 is 40.7. The molecule has 0 unspecified atom stereocenters. The molecule has 0 spiro atoms. The Kier molecular flexibility index (Phi) is 7.65. The zero-order valence-corrected chi connectivity index (χ0v) is 19.4. The van der Waals surface area contributed by atoms with E-state index in [1.165, 1.54) is 6.07 Å². The van der Waals surface area contributed by atoms with E-state index in [9.17, 15) is 8.42 Å². The number of aryl methyl sites for hydroxylation is 2. The van der Waals surface area contributed by atoms with Gasteiger partial charge in [-0.15, -0.1) is 10.2 Å². The number of ether oxygens (including phenoxy) is 2. The van der Waals surface area contributed by atoms with Gasteiger partial charge in [-0.1, -0.05) is 0 Å². The third-order valence-electron chi connectivity index (χ3n) is 4.42. The van der Waals surface area contributed by atoms with Crippen LogP contribution < -0.4 is 19.5 Å². The van der Waals surface area contributed by atoms with Crippen LogP contribution in [0.2, 0.25) is 0 Å². The van der Waals surface area contributed by atoms with Crippen LogP contribution in [-0.4, -0.2) is 54.7 Å². The van der Waals surface area contributed by atoms with Crippen molar-refractivity contribution in [3.05, 3.63) is 47.8 Å². The molecule has 10 nitrogen and oxygen atoms in total. The van der Waals surface area contributed by atoms with Gasteiger partial charge in [-0.3, -0.25) is 0 Å². The summed E-state index contributed by atoms with van der Waals surface area (Å²) in [5.41, 5.74) is 1.87. The number of hydrogen-bond acceptors (Lipinski definition) is 8. The summed E-state index contributed by atoms with van der Waals surface area (Å²) in [5.74, 6) is 1.95. The number of rotatable bonds is 11. The van der Waals surface area contributed by atoms with Crippen molar-refractivity contribution < 1.29 is 17.9 Å². The smallest absolute Gasteiger partial charge is 0.244 e. The Balaban J connectivity index is 1.58. The zero-order chi connectivity index (χ0) is 23.1. The van der Waals surface area contributed by atoms with Crippen LogP contribution in [0.5, 0.6) is 11.5 Å². The molecule has 1 aromatic carbocycles. The molecule has 0 aliphatic rings. The van der Waals surface area contributed by atoms with Gasteiger partial charge in [0.2, 0.25) is 10.0 Å². The largest absolute Gasteiger partial charge is 0.494 e. The van der Waals surface area contributed by atoms with Crippen LogP contribution in [0.3, 0.4) is 0 Å². The Morgan fingerprint density at radius 2 is 1.75 bits per heavy atom. The number of nitrogens with zero attached hydrogens (tertiary/aromatic N) is 4. The average molecular weight is 461 g/mol. The highest BCUT2D eigenvalue weighted by Crippen LogP contribution is 2.28. The molecule has 2 aromatic heterocycles. The van der Waals surface area contributed by atoms with Crippen LogP contribution >= 0.6 is 0 Å². The van der Waals surface area contributed by atoms with E-state index in [4.69, 9.17) is 9.47 Å². The molecule has 11 heteroatoms. The average Bonchev–Trinajstić information content (AvgIpc) is 3.10. The normalized spacial score (nSPS) is 11.4. The van der Waals surface area contributed by atoms with E-state index in [1.54, 1.807) is 35.9 Å². The third-order valence-corrected chi connectivity index (χ3v) is 5.92. The van der Waals surface area contributed by atoms with Crippen LogP contribution in [0, 0.1) is 13.8 Å². The van der Waals surface area contributed by atoms with Crippen LogP contribution in [0.25, 0.3) is 5.82 Å². The van der Waals surface area contributed by atoms with Crippen molar-refractivity contribution in [3.63, 3.8) is 0 Å². The maximum absolute atomic E-state index is 12.7. The third kappa shape index (κ3) is 5.74. The first-order valence-corrected chi connectivity index (χ1v) is 11.8. The number of aromatic nitrogens is 4. The predicted octanol–water partition coefficient (Wildman–Crippen LogP) is 2.47. The van der Waals surface area contributed by atoms with E-state index >= 15 is 0 Å². The summed E-state index contributed by atoms with van der Waals surface area (Å²) in [4.78, 5) is 0.0665. The highest BCUT2D eigenvalue weighted by atomic mass is 32.2. The Hall–Kier alpha value is -3.18. The summed E-state index contributed by atoms with van der Waals surface area (Å²) in [6.07, 6.45) is 0. The highest BCUT2D eigenvalue weighted by molar-refractivity contribution is 7.89. The summed E-state index contributed by atoms with van der Waals surface area (Å²) in [6.45, 7) is 8.81. The molecule has 0 bridgehead atoms. The molecule has 32 heavy (non-hydrogen) atoms. The van der Waals surface area contributed by atoms with Gasteiger partial charge in [0.15, 0.2) is 5.82 Å². The number of benzene rings is 1. The number of sulfonamides is 1. The molecule has 172 valence electrons. The molecule has 0 fully saturated rings. The molecule has 0 saturated heterocycles. The standard InChI is InChI=1S/C21H28N6O4S/c1-5-30-17-7-8-19(18(14-17)31-6-2)32(28,29)23-12-11-22-20-9-10-21(25-24-20)27-16(4)13-15(3)26-27/h7-10,13-14,23H,5-6,11-12H2,1-4H3,(H,22,24). The lowest BCUT2D eigenvalue weighted by molar-refractivity contribution is 0.317. The lowest BCUT2D eigenvalue weighted by Crippen LogP contribution is -2.29. The fourth-order valence-electron chi connectivity index (χ4n) is 3.08.